The Morgan fingerprint density at radius 3 is 2.51 bits per heavy atom. The third-order valence-electron chi connectivity index (χ3n) is 7.23. The standard InChI is InChI=1S/C28H38F3N7O5/c1-27(2,3)43-26(40)37-25-21(22-20(42-25)9-16(12-35-22)15-5-7-41-8-6-15)24(39)36-19(11-32)23(34-4)38-13-17(28(29,30)31)10-18(33)14-38/h9,11-12,15,17-18,32,34H,5-8,10,13-14,33H2,1-4H3,(H,36,39)(H,37,40)/b23-19-,32-11?/t17-,18+/m1/s1. The summed E-state index contributed by atoms with van der Waals surface area (Å²) in [7, 11) is 1.47. The van der Waals surface area contributed by atoms with Crippen LogP contribution in [0.4, 0.5) is 23.8 Å². The van der Waals surface area contributed by atoms with E-state index < -0.39 is 42.3 Å². The highest BCUT2D eigenvalue weighted by Crippen LogP contribution is 2.35. The molecule has 2 aromatic heterocycles. The zero-order valence-corrected chi connectivity index (χ0v) is 24.6. The second-order valence-electron chi connectivity index (χ2n) is 11.7. The molecule has 2 saturated heterocycles. The molecule has 0 unspecified atom stereocenters. The van der Waals surface area contributed by atoms with Crippen molar-refractivity contribution in [1.29, 1.82) is 5.41 Å². The minimum Gasteiger partial charge on any atom is -0.444 e. The van der Waals surface area contributed by atoms with Crippen LogP contribution in [0.5, 0.6) is 0 Å². The highest BCUT2D eigenvalue weighted by Gasteiger charge is 2.44. The Bertz CT molecular complexity index is 1380. The Morgan fingerprint density at radius 1 is 1.21 bits per heavy atom. The molecule has 6 N–H and O–H groups in total. The van der Waals surface area contributed by atoms with Crippen molar-refractivity contribution in [2.24, 2.45) is 11.7 Å². The number of pyridine rings is 1. The number of rotatable bonds is 7. The second-order valence-corrected chi connectivity index (χ2v) is 11.7. The van der Waals surface area contributed by atoms with Crippen LogP contribution in [0.15, 0.2) is 28.2 Å². The lowest BCUT2D eigenvalue weighted by atomic mass is 9.93. The van der Waals surface area contributed by atoms with Gasteiger partial charge in [0.1, 0.15) is 22.5 Å². The molecule has 0 radical (unpaired) electrons. The van der Waals surface area contributed by atoms with Crippen LogP contribution in [0, 0.1) is 11.3 Å². The quantitative estimate of drug-likeness (QED) is 0.291. The topological polar surface area (TPSA) is 168 Å². The average Bonchev–Trinajstić information content (AvgIpc) is 3.28. The van der Waals surface area contributed by atoms with Gasteiger partial charge in [0, 0.05) is 51.8 Å². The van der Waals surface area contributed by atoms with Gasteiger partial charge in [0.05, 0.1) is 11.6 Å². The first-order chi connectivity index (χ1) is 20.2. The number of hydrogen-bond acceptors (Lipinski definition) is 10. The molecule has 2 atom stereocenters. The van der Waals surface area contributed by atoms with Gasteiger partial charge in [-0.1, -0.05) is 0 Å². The number of nitrogens with two attached hydrogens (primary N) is 1. The molecule has 2 aliphatic heterocycles. The van der Waals surface area contributed by atoms with Gasteiger partial charge >= 0.3 is 12.3 Å². The van der Waals surface area contributed by atoms with E-state index in [0.29, 0.717) is 13.2 Å². The molecule has 0 saturated carbocycles. The lowest BCUT2D eigenvalue weighted by Gasteiger charge is -2.39. The summed E-state index contributed by atoms with van der Waals surface area (Å²) < 4.78 is 57.4. The molecule has 2 aromatic rings. The SMILES string of the molecule is CN/C(=C(\C=N)NC(=O)c1c(NC(=O)OC(C)(C)C)oc2cc(C3CCOCC3)cnc12)N1C[C@@H](N)C[C@@H](C(F)(F)F)C1. The van der Waals surface area contributed by atoms with Crippen LogP contribution in [-0.2, 0) is 9.47 Å². The first-order valence-electron chi connectivity index (χ1n) is 14.0. The monoisotopic (exact) mass is 609 g/mol. The molecular weight excluding hydrogens is 571 g/mol. The number of nitrogens with one attached hydrogen (secondary N) is 4. The van der Waals surface area contributed by atoms with Crippen molar-refractivity contribution in [3.8, 4) is 0 Å². The van der Waals surface area contributed by atoms with E-state index in [2.05, 4.69) is 20.9 Å². The van der Waals surface area contributed by atoms with Crippen molar-refractivity contribution >= 4 is 35.2 Å². The number of furan rings is 1. The van der Waals surface area contributed by atoms with E-state index in [1.54, 1.807) is 33.0 Å². The maximum atomic E-state index is 13.7. The van der Waals surface area contributed by atoms with Crippen molar-refractivity contribution in [2.45, 2.75) is 63.8 Å². The minimum absolute atomic E-state index is 0.0760. The summed E-state index contributed by atoms with van der Waals surface area (Å²) in [5.74, 6) is -2.46. The summed E-state index contributed by atoms with van der Waals surface area (Å²) in [5, 5.41) is 15.8. The third-order valence-corrected chi connectivity index (χ3v) is 7.23. The molecule has 0 aromatic carbocycles. The van der Waals surface area contributed by atoms with Crippen LogP contribution >= 0.6 is 0 Å². The number of anilines is 1. The molecule has 4 heterocycles. The second kappa shape index (κ2) is 12.8. The Labute approximate surface area is 247 Å². The van der Waals surface area contributed by atoms with E-state index in [4.69, 9.17) is 25.0 Å². The molecule has 2 amide bonds. The predicted molar refractivity (Wildman–Crippen MR) is 153 cm³/mol. The largest absolute Gasteiger partial charge is 0.444 e. The number of ether oxygens (including phenoxy) is 2. The number of alkyl halides is 3. The number of fused-ring (bicyclic) bond motifs is 1. The van der Waals surface area contributed by atoms with Crippen molar-refractivity contribution in [3.63, 3.8) is 0 Å². The molecule has 4 rings (SSSR count). The number of likely N-dealkylation sites (tertiary alicyclic amines) is 1. The molecule has 15 heteroatoms. The molecule has 43 heavy (non-hydrogen) atoms. The van der Waals surface area contributed by atoms with Crippen molar-refractivity contribution < 1.29 is 36.7 Å². The van der Waals surface area contributed by atoms with Crippen LogP contribution in [0.1, 0.15) is 61.9 Å². The molecule has 2 fully saturated rings. The number of carbonyl (C=O) groups is 2. The van der Waals surface area contributed by atoms with Crippen LogP contribution in [0.25, 0.3) is 11.1 Å². The first kappa shape index (κ1) is 32.1. The Kier molecular flexibility index (Phi) is 9.54. The third kappa shape index (κ3) is 7.76. The number of piperidine rings is 1. The summed E-state index contributed by atoms with van der Waals surface area (Å²) in [4.78, 5) is 32.2. The number of halogens is 3. The molecule has 0 aliphatic carbocycles. The maximum absolute atomic E-state index is 13.7. The highest BCUT2D eigenvalue weighted by molar-refractivity contribution is 6.12. The molecular formula is C28H38F3N7O5. The van der Waals surface area contributed by atoms with Gasteiger partial charge in [-0.05, 0) is 57.6 Å². The van der Waals surface area contributed by atoms with Crippen molar-refractivity contribution in [1.82, 2.24) is 20.5 Å². The van der Waals surface area contributed by atoms with Gasteiger partial charge in [-0.25, -0.2) is 4.79 Å². The smallest absolute Gasteiger partial charge is 0.414 e. The Balaban J connectivity index is 1.70. The van der Waals surface area contributed by atoms with E-state index in [1.165, 1.54) is 11.9 Å². The van der Waals surface area contributed by atoms with Gasteiger partial charge in [-0.2, -0.15) is 13.2 Å². The normalized spacial score (nSPS) is 20.8. The number of allylic oxidation sites excluding steroid dienone is 1. The van der Waals surface area contributed by atoms with E-state index in [9.17, 15) is 22.8 Å². The number of carbonyl (C=O) groups excluding carboxylic acids is 2. The molecule has 0 spiro atoms. The zero-order chi connectivity index (χ0) is 31.5. The molecule has 12 nitrogen and oxygen atoms in total. The van der Waals surface area contributed by atoms with E-state index in [1.807, 2.05) is 0 Å². The lowest BCUT2D eigenvalue weighted by Crippen LogP contribution is -2.52. The van der Waals surface area contributed by atoms with Gasteiger partial charge in [-0.15, -0.1) is 0 Å². The van der Waals surface area contributed by atoms with E-state index in [-0.39, 0.29) is 52.9 Å². The summed E-state index contributed by atoms with van der Waals surface area (Å²) in [5.41, 5.74) is 6.13. The molecule has 236 valence electrons. The fourth-order valence-electron chi connectivity index (χ4n) is 5.31. The molecule has 2 aliphatic rings. The summed E-state index contributed by atoms with van der Waals surface area (Å²) in [6, 6.07) is 0.983. The number of aromatic nitrogens is 1. The maximum Gasteiger partial charge on any atom is 0.414 e. The van der Waals surface area contributed by atoms with Crippen LogP contribution in [0.3, 0.4) is 0 Å². The zero-order valence-electron chi connectivity index (χ0n) is 24.6. The van der Waals surface area contributed by atoms with Gasteiger partial charge < -0.3 is 40.6 Å². The van der Waals surface area contributed by atoms with Crippen LogP contribution in [0.2, 0.25) is 0 Å². The number of hydrogen-bond donors (Lipinski definition) is 5. The summed E-state index contributed by atoms with van der Waals surface area (Å²) >= 11 is 0. The highest BCUT2D eigenvalue weighted by atomic mass is 19.4. The summed E-state index contributed by atoms with van der Waals surface area (Å²) in [6.45, 7) is 5.92. The minimum atomic E-state index is -4.46. The van der Waals surface area contributed by atoms with Gasteiger partial charge in [0.15, 0.2) is 5.58 Å². The number of amides is 2. The first-order valence-corrected chi connectivity index (χ1v) is 14.0. The van der Waals surface area contributed by atoms with Crippen molar-refractivity contribution in [2.75, 3.05) is 38.7 Å². The fraction of sp³-hybridized carbons (Fsp3) is 0.571. The van der Waals surface area contributed by atoms with Crippen LogP contribution in [-0.4, -0.2) is 79.3 Å². The average molecular weight is 610 g/mol. The molecule has 0 bridgehead atoms. The van der Waals surface area contributed by atoms with Gasteiger partial charge in [0.2, 0.25) is 5.88 Å². The summed E-state index contributed by atoms with van der Waals surface area (Å²) in [6.07, 6.45) is -1.53. The lowest BCUT2D eigenvalue weighted by molar-refractivity contribution is -0.186. The predicted octanol–water partition coefficient (Wildman–Crippen LogP) is 4.05. The van der Waals surface area contributed by atoms with Gasteiger partial charge in [-0.3, -0.25) is 15.1 Å². The Morgan fingerprint density at radius 2 is 1.91 bits per heavy atom. The van der Waals surface area contributed by atoms with Crippen LogP contribution < -0.4 is 21.7 Å². The van der Waals surface area contributed by atoms with E-state index >= 15 is 0 Å². The Hall–Kier alpha value is -3.85. The van der Waals surface area contributed by atoms with Crippen molar-refractivity contribution in [3.05, 3.63) is 34.9 Å². The van der Waals surface area contributed by atoms with Gasteiger partial charge in [0.25, 0.3) is 5.91 Å². The number of nitrogens with zero attached hydrogens (tertiary/aromatic N) is 2. The fourth-order valence-corrected chi connectivity index (χ4v) is 5.31. The van der Waals surface area contributed by atoms with E-state index in [0.717, 1.165) is 24.6 Å².